The number of likely N-dealkylation sites (tertiary alicyclic amines) is 1. The van der Waals surface area contributed by atoms with Crippen molar-refractivity contribution in [1.29, 1.82) is 0 Å². The first-order valence-electron chi connectivity index (χ1n) is 6.48. The zero-order chi connectivity index (χ0) is 11.1. The third kappa shape index (κ3) is 2.94. The van der Waals surface area contributed by atoms with Gasteiger partial charge in [-0.2, -0.15) is 0 Å². The summed E-state index contributed by atoms with van der Waals surface area (Å²) in [7, 11) is 0. The fourth-order valence-electron chi connectivity index (χ4n) is 2.57. The molecule has 2 aliphatic rings. The van der Waals surface area contributed by atoms with E-state index in [1.54, 1.807) is 0 Å². The Morgan fingerprint density at radius 3 is 2.07 bits per heavy atom. The Labute approximate surface area is 94.4 Å². The van der Waals surface area contributed by atoms with Crippen LogP contribution in [-0.2, 0) is 0 Å². The van der Waals surface area contributed by atoms with Crippen molar-refractivity contribution in [3.63, 3.8) is 0 Å². The highest BCUT2D eigenvalue weighted by Crippen LogP contribution is 2.31. The molecule has 1 N–H and O–H groups in total. The van der Waals surface area contributed by atoms with Crippen LogP contribution in [0.2, 0.25) is 0 Å². The lowest BCUT2D eigenvalue weighted by Gasteiger charge is -2.41. The Morgan fingerprint density at radius 2 is 1.67 bits per heavy atom. The van der Waals surface area contributed by atoms with Gasteiger partial charge in [0, 0.05) is 30.7 Å². The molecule has 15 heavy (non-hydrogen) atoms. The summed E-state index contributed by atoms with van der Waals surface area (Å²) in [5.41, 5.74) is 0.359. The van der Waals surface area contributed by atoms with E-state index in [1.165, 1.54) is 32.4 Å². The number of piperidine rings is 1. The number of hydrogen-bond donors (Lipinski definition) is 1. The molecule has 2 atom stereocenters. The van der Waals surface area contributed by atoms with Crippen LogP contribution in [0.1, 0.15) is 47.0 Å². The lowest BCUT2D eigenvalue weighted by molar-refractivity contribution is 0.0957. The molecule has 0 radical (unpaired) electrons. The summed E-state index contributed by atoms with van der Waals surface area (Å²) >= 11 is 0. The van der Waals surface area contributed by atoms with Gasteiger partial charge in [0.2, 0.25) is 0 Å². The molecule has 0 aromatic heterocycles. The molecule has 2 fully saturated rings. The van der Waals surface area contributed by atoms with Crippen LogP contribution in [0.3, 0.4) is 0 Å². The summed E-state index contributed by atoms with van der Waals surface area (Å²) in [6.07, 6.45) is 4.07. The Balaban J connectivity index is 1.72. The molecular formula is C13H26N2. The third-order valence-corrected chi connectivity index (χ3v) is 4.00. The van der Waals surface area contributed by atoms with E-state index in [-0.39, 0.29) is 0 Å². The van der Waals surface area contributed by atoms with Gasteiger partial charge in [0.05, 0.1) is 0 Å². The van der Waals surface area contributed by atoms with Crippen LogP contribution in [-0.4, -0.2) is 35.6 Å². The van der Waals surface area contributed by atoms with Crippen molar-refractivity contribution in [3.05, 3.63) is 0 Å². The number of nitrogens with zero attached hydrogens (tertiary/aromatic N) is 1. The van der Waals surface area contributed by atoms with Crippen molar-refractivity contribution in [2.24, 2.45) is 5.92 Å². The monoisotopic (exact) mass is 210 g/mol. The van der Waals surface area contributed by atoms with Gasteiger partial charge in [-0.3, -0.25) is 4.90 Å². The second-order valence-corrected chi connectivity index (χ2v) is 6.42. The van der Waals surface area contributed by atoms with Gasteiger partial charge in [-0.05, 0) is 46.0 Å². The zero-order valence-electron chi connectivity index (χ0n) is 10.7. The van der Waals surface area contributed by atoms with Gasteiger partial charge >= 0.3 is 0 Å². The molecule has 1 saturated carbocycles. The molecule has 0 aromatic carbocycles. The molecule has 1 saturated heterocycles. The fraction of sp³-hybridized carbons (Fsp3) is 1.00. The molecule has 0 amide bonds. The quantitative estimate of drug-likeness (QED) is 0.752. The van der Waals surface area contributed by atoms with Crippen LogP contribution in [0, 0.1) is 5.92 Å². The fourth-order valence-corrected chi connectivity index (χ4v) is 2.57. The lowest BCUT2D eigenvalue weighted by Crippen LogP contribution is -2.50. The highest BCUT2D eigenvalue weighted by atomic mass is 15.2. The summed E-state index contributed by atoms with van der Waals surface area (Å²) < 4.78 is 0. The Hall–Kier alpha value is -0.0800. The van der Waals surface area contributed by atoms with E-state index in [1.807, 2.05) is 0 Å². The SMILES string of the molecule is CC1CC1NC1CCN(C(C)(C)C)CC1. The van der Waals surface area contributed by atoms with Crippen LogP contribution in [0.4, 0.5) is 0 Å². The van der Waals surface area contributed by atoms with Crippen molar-refractivity contribution in [2.75, 3.05) is 13.1 Å². The van der Waals surface area contributed by atoms with Crippen LogP contribution in [0.5, 0.6) is 0 Å². The predicted octanol–water partition coefficient (Wildman–Crippen LogP) is 2.25. The Morgan fingerprint density at radius 1 is 1.13 bits per heavy atom. The molecule has 88 valence electrons. The molecule has 2 unspecified atom stereocenters. The molecule has 0 bridgehead atoms. The van der Waals surface area contributed by atoms with Gasteiger partial charge in [-0.1, -0.05) is 6.92 Å². The minimum absolute atomic E-state index is 0.359. The molecule has 1 heterocycles. The van der Waals surface area contributed by atoms with E-state index in [4.69, 9.17) is 0 Å². The van der Waals surface area contributed by atoms with E-state index < -0.39 is 0 Å². The third-order valence-electron chi connectivity index (χ3n) is 4.00. The van der Waals surface area contributed by atoms with Crippen molar-refractivity contribution in [3.8, 4) is 0 Å². The molecule has 2 heteroatoms. The van der Waals surface area contributed by atoms with Gasteiger partial charge in [0.15, 0.2) is 0 Å². The Bertz CT molecular complexity index is 211. The molecule has 2 nitrogen and oxygen atoms in total. The molecule has 0 aromatic rings. The lowest BCUT2D eigenvalue weighted by atomic mass is 9.98. The van der Waals surface area contributed by atoms with E-state index >= 15 is 0 Å². The van der Waals surface area contributed by atoms with Crippen LogP contribution >= 0.6 is 0 Å². The van der Waals surface area contributed by atoms with E-state index in [0.29, 0.717) is 5.54 Å². The van der Waals surface area contributed by atoms with E-state index in [9.17, 15) is 0 Å². The van der Waals surface area contributed by atoms with Crippen LogP contribution in [0.15, 0.2) is 0 Å². The maximum absolute atomic E-state index is 3.79. The summed E-state index contributed by atoms with van der Waals surface area (Å²) in [4.78, 5) is 2.61. The normalized spacial score (nSPS) is 34.4. The minimum atomic E-state index is 0.359. The van der Waals surface area contributed by atoms with Crippen molar-refractivity contribution in [2.45, 2.75) is 64.6 Å². The molecule has 1 aliphatic carbocycles. The van der Waals surface area contributed by atoms with Gasteiger partial charge < -0.3 is 5.32 Å². The molecule has 2 rings (SSSR count). The van der Waals surface area contributed by atoms with E-state index in [2.05, 4.69) is 37.9 Å². The number of nitrogens with one attached hydrogen (secondary N) is 1. The summed E-state index contributed by atoms with van der Waals surface area (Å²) in [5, 5.41) is 3.79. The number of hydrogen-bond acceptors (Lipinski definition) is 2. The second-order valence-electron chi connectivity index (χ2n) is 6.42. The molecular weight excluding hydrogens is 184 g/mol. The average Bonchev–Trinajstić information content (AvgIpc) is 2.81. The van der Waals surface area contributed by atoms with Crippen molar-refractivity contribution in [1.82, 2.24) is 10.2 Å². The summed E-state index contributed by atoms with van der Waals surface area (Å²) in [6, 6.07) is 1.63. The molecule has 1 aliphatic heterocycles. The second kappa shape index (κ2) is 4.06. The molecule has 0 spiro atoms. The average molecular weight is 210 g/mol. The largest absolute Gasteiger partial charge is 0.311 e. The number of rotatable bonds is 2. The van der Waals surface area contributed by atoms with E-state index in [0.717, 1.165) is 18.0 Å². The van der Waals surface area contributed by atoms with Crippen molar-refractivity contribution >= 4 is 0 Å². The van der Waals surface area contributed by atoms with Gasteiger partial charge in [0.1, 0.15) is 0 Å². The van der Waals surface area contributed by atoms with Gasteiger partial charge in [-0.25, -0.2) is 0 Å². The first-order valence-corrected chi connectivity index (χ1v) is 6.48. The maximum Gasteiger partial charge on any atom is 0.0125 e. The first-order chi connectivity index (χ1) is 6.97. The zero-order valence-corrected chi connectivity index (χ0v) is 10.7. The van der Waals surface area contributed by atoms with Crippen LogP contribution in [0.25, 0.3) is 0 Å². The van der Waals surface area contributed by atoms with Gasteiger partial charge in [0.25, 0.3) is 0 Å². The maximum atomic E-state index is 3.79. The highest BCUT2D eigenvalue weighted by molar-refractivity contribution is 4.94. The van der Waals surface area contributed by atoms with Gasteiger partial charge in [-0.15, -0.1) is 0 Å². The Kier molecular flexibility index (Phi) is 3.09. The van der Waals surface area contributed by atoms with Crippen LogP contribution < -0.4 is 5.32 Å². The summed E-state index contributed by atoms with van der Waals surface area (Å²) in [5.74, 6) is 0.936. The standard InChI is InChI=1S/C13H26N2/c1-10-9-12(10)14-11-5-7-15(8-6-11)13(2,3)4/h10-12,14H,5-9H2,1-4H3. The predicted molar refractivity (Wildman–Crippen MR) is 65.1 cm³/mol. The summed E-state index contributed by atoms with van der Waals surface area (Å²) in [6.45, 7) is 11.9. The minimum Gasteiger partial charge on any atom is -0.311 e. The highest BCUT2D eigenvalue weighted by Gasteiger charge is 2.35. The smallest absolute Gasteiger partial charge is 0.0125 e. The topological polar surface area (TPSA) is 15.3 Å². The first kappa shape index (κ1) is 11.4. The van der Waals surface area contributed by atoms with Crippen molar-refractivity contribution < 1.29 is 0 Å².